The van der Waals surface area contributed by atoms with Crippen molar-refractivity contribution in [3.63, 3.8) is 0 Å². The number of anilines is 1. The molecule has 1 saturated heterocycles. The summed E-state index contributed by atoms with van der Waals surface area (Å²) >= 11 is 5.74. The topological polar surface area (TPSA) is 64.7 Å². The predicted octanol–water partition coefficient (Wildman–Crippen LogP) is 2.59. The summed E-state index contributed by atoms with van der Waals surface area (Å²) in [5.41, 5.74) is 5.35. The van der Waals surface area contributed by atoms with Gasteiger partial charge in [0.15, 0.2) is 11.6 Å². The summed E-state index contributed by atoms with van der Waals surface area (Å²) < 4.78 is 26.3. The molecule has 9 heteroatoms. The number of amides is 2. The molecule has 2 amide bonds. The number of carbonyl (C=O) groups excluding carboxylic acids is 2. The summed E-state index contributed by atoms with van der Waals surface area (Å²) in [4.78, 5) is 28.4. The molecule has 0 aromatic heterocycles. The Bertz CT molecular complexity index is 874. The highest BCUT2D eigenvalue weighted by Gasteiger charge is 2.19. The smallest absolute Gasteiger partial charge is 0.271 e. The summed E-state index contributed by atoms with van der Waals surface area (Å²) in [6.45, 7) is 3.96. The van der Waals surface area contributed by atoms with E-state index >= 15 is 0 Å². The van der Waals surface area contributed by atoms with E-state index in [4.69, 9.17) is 11.6 Å². The molecule has 1 aliphatic rings. The second kappa shape index (κ2) is 9.67. The molecule has 2 N–H and O–H groups in total. The molecule has 0 spiro atoms. The number of hydrogen-bond acceptors (Lipinski definition) is 4. The van der Waals surface area contributed by atoms with Gasteiger partial charge in [0.2, 0.25) is 5.91 Å². The van der Waals surface area contributed by atoms with Crippen molar-refractivity contribution in [3.05, 3.63) is 64.7 Å². The Kier molecular flexibility index (Phi) is 7.00. The van der Waals surface area contributed by atoms with E-state index in [0.717, 1.165) is 26.2 Å². The Morgan fingerprint density at radius 3 is 2.31 bits per heavy atom. The molecule has 29 heavy (non-hydrogen) atoms. The van der Waals surface area contributed by atoms with Crippen LogP contribution in [0.15, 0.2) is 42.5 Å². The molecule has 2 aromatic carbocycles. The van der Waals surface area contributed by atoms with Crippen LogP contribution in [0.25, 0.3) is 0 Å². The van der Waals surface area contributed by atoms with Crippen LogP contribution in [0.3, 0.4) is 0 Å². The quantitative estimate of drug-likeness (QED) is 0.574. The summed E-state index contributed by atoms with van der Waals surface area (Å²) in [6.07, 6.45) is 0.192. The molecule has 0 unspecified atom stereocenters. The fourth-order valence-electron chi connectivity index (χ4n) is 3.08. The van der Waals surface area contributed by atoms with Crippen LogP contribution in [0.4, 0.5) is 14.5 Å². The Labute approximate surface area is 172 Å². The van der Waals surface area contributed by atoms with Crippen molar-refractivity contribution in [1.29, 1.82) is 0 Å². The van der Waals surface area contributed by atoms with E-state index in [-0.39, 0.29) is 22.9 Å². The van der Waals surface area contributed by atoms with Crippen LogP contribution >= 0.6 is 11.6 Å². The lowest BCUT2D eigenvalue weighted by atomic mass is 10.2. The number of carbonyl (C=O) groups is 2. The van der Waals surface area contributed by atoms with E-state index in [1.807, 2.05) is 18.2 Å². The highest BCUT2D eigenvalue weighted by Crippen LogP contribution is 2.19. The van der Waals surface area contributed by atoms with Gasteiger partial charge in [-0.1, -0.05) is 29.8 Å². The second-order valence-electron chi connectivity index (χ2n) is 6.66. The van der Waals surface area contributed by atoms with Crippen LogP contribution in [0.5, 0.6) is 0 Å². The molecule has 6 nitrogen and oxygen atoms in total. The van der Waals surface area contributed by atoms with Gasteiger partial charge < -0.3 is 4.90 Å². The number of hydrazine groups is 1. The summed E-state index contributed by atoms with van der Waals surface area (Å²) in [6, 6.07) is 11.5. The maximum Gasteiger partial charge on any atom is 0.271 e. The average Bonchev–Trinajstić information content (AvgIpc) is 2.74. The molecule has 0 aliphatic carbocycles. The number of halogens is 3. The lowest BCUT2D eigenvalue weighted by Gasteiger charge is -2.36. The van der Waals surface area contributed by atoms with E-state index < -0.39 is 17.5 Å². The first-order valence-corrected chi connectivity index (χ1v) is 9.58. The SMILES string of the molecule is O=C(CCN1CCN(c2ccccc2)CC1)NNC(=O)c1cc(F)c(F)cc1Cl. The Balaban J connectivity index is 1.39. The lowest BCUT2D eigenvalue weighted by molar-refractivity contribution is -0.122. The number of benzene rings is 2. The van der Waals surface area contributed by atoms with Crippen molar-refractivity contribution >= 4 is 29.1 Å². The second-order valence-corrected chi connectivity index (χ2v) is 7.07. The van der Waals surface area contributed by atoms with E-state index in [2.05, 4.69) is 32.8 Å². The lowest BCUT2D eigenvalue weighted by Crippen LogP contribution is -2.48. The predicted molar refractivity (Wildman–Crippen MR) is 107 cm³/mol. The van der Waals surface area contributed by atoms with E-state index in [1.54, 1.807) is 0 Å². The maximum atomic E-state index is 13.3. The molecule has 1 fully saturated rings. The van der Waals surface area contributed by atoms with Crippen molar-refractivity contribution < 1.29 is 18.4 Å². The fourth-order valence-corrected chi connectivity index (χ4v) is 3.32. The number of rotatable bonds is 5. The van der Waals surface area contributed by atoms with Gasteiger partial charge in [-0.15, -0.1) is 0 Å². The Morgan fingerprint density at radius 2 is 1.62 bits per heavy atom. The van der Waals surface area contributed by atoms with Crippen LogP contribution in [0.1, 0.15) is 16.8 Å². The molecule has 0 radical (unpaired) electrons. The van der Waals surface area contributed by atoms with Crippen molar-refractivity contribution in [3.8, 4) is 0 Å². The first-order valence-electron chi connectivity index (χ1n) is 9.20. The third-order valence-corrected chi connectivity index (χ3v) is 5.03. The largest absolute Gasteiger partial charge is 0.369 e. The third-order valence-electron chi connectivity index (χ3n) is 4.72. The number of para-hydroxylation sites is 1. The standard InChI is InChI=1S/C20H21ClF2N4O2/c21-16-13-18(23)17(22)12-15(16)20(29)25-24-19(28)6-7-26-8-10-27(11-9-26)14-4-2-1-3-5-14/h1-5,12-13H,6-11H2,(H,24,28)(H,25,29). The average molecular weight is 423 g/mol. The van der Waals surface area contributed by atoms with Crippen molar-refractivity contribution in [1.82, 2.24) is 15.8 Å². The number of piperazine rings is 1. The van der Waals surface area contributed by atoms with Gasteiger partial charge in [0.25, 0.3) is 5.91 Å². The fraction of sp³-hybridized carbons (Fsp3) is 0.300. The number of nitrogens with one attached hydrogen (secondary N) is 2. The molecule has 2 aromatic rings. The van der Waals surface area contributed by atoms with Gasteiger partial charge in [-0.25, -0.2) is 8.78 Å². The maximum absolute atomic E-state index is 13.3. The van der Waals surface area contributed by atoms with Crippen molar-refractivity contribution in [2.45, 2.75) is 6.42 Å². The van der Waals surface area contributed by atoms with E-state index in [1.165, 1.54) is 5.69 Å². The molecule has 0 bridgehead atoms. The Hall–Kier alpha value is -2.71. The van der Waals surface area contributed by atoms with Gasteiger partial charge in [0.1, 0.15) is 0 Å². The summed E-state index contributed by atoms with van der Waals surface area (Å²) in [5, 5.41) is -0.244. The monoisotopic (exact) mass is 422 g/mol. The summed E-state index contributed by atoms with van der Waals surface area (Å²) in [5.74, 6) is -3.55. The molecular weight excluding hydrogens is 402 g/mol. The minimum absolute atomic E-state index is 0.192. The highest BCUT2D eigenvalue weighted by atomic mass is 35.5. The normalized spacial score (nSPS) is 14.5. The first kappa shape index (κ1) is 21.0. The van der Waals surface area contributed by atoms with Gasteiger partial charge in [-0.05, 0) is 24.3 Å². The van der Waals surface area contributed by atoms with Crippen LogP contribution in [-0.4, -0.2) is 49.4 Å². The number of hydrogen-bond donors (Lipinski definition) is 2. The molecule has 1 heterocycles. The van der Waals surface area contributed by atoms with Crippen LogP contribution in [0.2, 0.25) is 5.02 Å². The summed E-state index contributed by atoms with van der Waals surface area (Å²) in [7, 11) is 0. The first-order chi connectivity index (χ1) is 13.9. The zero-order chi connectivity index (χ0) is 20.8. The van der Waals surface area contributed by atoms with Crippen molar-refractivity contribution in [2.24, 2.45) is 0 Å². The molecule has 0 saturated carbocycles. The van der Waals surface area contributed by atoms with E-state index in [0.29, 0.717) is 18.7 Å². The van der Waals surface area contributed by atoms with Crippen LogP contribution < -0.4 is 15.8 Å². The van der Waals surface area contributed by atoms with Crippen LogP contribution in [0, 0.1) is 11.6 Å². The molecule has 154 valence electrons. The molecule has 1 aliphatic heterocycles. The highest BCUT2D eigenvalue weighted by molar-refractivity contribution is 6.33. The zero-order valence-electron chi connectivity index (χ0n) is 15.6. The molecule has 0 atom stereocenters. The van der Waals surface area contributed by atoms with Gasteiger partial charge in [0.05, 0.1) is 10.6 Å². The molecular formula is C20H21ClF2N4O2. The van der Waals surface area contributed by atoms with E-state index in [9.17, 15) is 18.4 Å². The molecule has 3 rings (SSSR count). The Morgan fingerprint density at radius 1 is 0.966 bits per heavy atom. The van der Waals surface area contributed by atoms with Gasteiger partial charge in [-0.3, -0.25) is 25.3 Å². The van der Waals surface area contributed by atoms with Crippen LogP contribution in [-0.2, 0) is 4.79 Å². The minimum atomic E-state index is -1.19. The number of nitrogens with zero attached hydrogens (tertiary/aromatic N) is 2. The third kappa shape index (κ3) is 5.65. The van der Waals surface area contributed by atoms with Gasteiger partial charge >= 0.3 is 0 Å². The van der Waals surface area contributed by atoms with Gasteiger partial charge in [0, 0.05) is 44.8 Å². The minimum Gasteiger partial charge on any atom is -0.369 e. The zero-order valence-corrected chi connectivity index (χ0v) is 16.4. The van der Waals surface area contributed by atoms with Gasteiger partial charge in [-0.2, -0.15) is 0 Å². The van der Waals surface area contributed by atoms with Crippen molar-refractivity contribution in [2.75, 3.05) is 37.6 Å².